The fourth-order valence-corrected chi connectivity index (χ4v) is 1.59. The Labute approximate surface area is 89.9 Å². The lowest BCUT2D eigenvalue weighted by Gasteiger charge is -1.99. The quantitative estimate of drug-likeness (QED) is 0.753. The first-order chi connectivity index (χ1) is 7.29. The van der Waals surface area contributed by atoms with Crippen LogP contribution in [0.4, 0.5) is 4.39 Å². The van der Waals surface area contributed by atoms with Crippen LogP contribution >= 0.6 is 11.5 Å². The second kappa shape index (κ2) is 4.31. The summed E-state index contributed by atoms with van der Waals surface area (Å²) in [5.41, 5.74) is 0. The van der Waals surface area contributed by atoms with Gasteiger partial charge in [-0.2, -0.15) is 13.7 Å². The Balaban J connectivity index is 2.18. The van der Waals surface area contributed by atoms with Crippen molar-refractivity contribution in [2.75, 3.05) is 0 Å². The van der Waals surface area contributed by atoms with E-state index in [1.165, 1.54) is 12.3 Å². The molecule has 0 atom stereocenters. The van der Waals surface area contributed by atoms with Gasteiger partial charge in [-0.15, -0.1) is 0 Å². The van der Waals surface area contributed by atoms with Crippen molar-refractivity contribution in [3.63, 3.8) is 0 Å². The van der Waals surface area contributed by atoms with Crippen molar-refractivity contribution in [3.8, 4) is 10.9 Å². The molecule has 4 nitrogen and oxygen atoms in total. The second-order valence-electron chi connectivity index (χ2n) is 2.72. The number of nitrogens with zero attached hydrogens (tertiary/aromatic N) is 3. The molecule has 2 heterocycles. The minimum atomic E-state index is -0.647. The maximum atomic E-state index is 13.1. The average Bonchev–Trinajstić information content (AvgIpc) is 2.69. The summed E-state index contributed by atoms with van der Waals surface area (Å²) < 4.78 is 22.3. The van der Waals surface area contributed by atoms with Crippen molar-refractivity contribution >= 4 is 11.5 Å². The third-order valence-corrected chi connectivity index (χ3v) is 2.32. The molecule has 2 aromatic heterocycles. The summed E-state index contributed by atoms with van der Waals surface area (Å²) in [7, 11) is 0. The first-order valence-corrected chi connectivity index (χ1v) is 5.18. The van der Waals surface area contributed by atoms with Gasteiger partial charge < -0.3 is 4.74 Å². The van der Waals surface area contributed by atoms with Gasteiger partial charge in [-0.1, -0.05) is 6.92 Å². The summed E-state index contributed by atoms with van der Waals surface area (Å²) >= 11 is 1.10. The summed E-state index contributed by atoms with van der Waals surface area (Å²) in [6, 6.07) is 3.09. The summed E-state index contributed by atoms with van der Waals surface area (Å²) in [6.45, 7) is 1.94. The summed E-state index contributed by atoms with van der Waals surface area (Å²) in [5.74, 6) is 0.112. The van der Waals surface area contributed by atoms with Gasteiger partial charge in [-0.3, -0.25) is 0 Å². The average molecular weight is 225 g/mol. The van der Waals surface area contributed by atoms with E-state index in [9.17, 15) is 4.39 Å². The van der Waals surface area contributed by atoms with E-state index >= 15 is 0 Å². The van der Waals surface area contributed by atoms with Gasteiger partial charge in [0.1, 0.15) is 5.82 Å². The maximum Gasteiger partial charge on any atom is 0.298 e. The number of pyridine rings is 1. The smallest absolute Gasteiger partial charge is 0.298 e. The van der Waals surface area contributed by atoms with Crippen LogP contribution in [0, 0.1) is 5.95 Å². The largest absolute Gasteiger partial charge is 0.425 e. The SMILES string of the molecule is CCc1nsc(Oc2cccnc2F)n1. The van der Waals surface area contributed by atoms with Gasteiger partial charge in [0.2, 0.25) is 0 Å². The fraction of sp³-hybridized carbons (Fsp3) is 0.222. The Morgan fingerprint density at radius 1 is 1.53 bits per heavy atom. The van der Waals surface area contributed by atoms with Crippen molar-refractivity contribution in [1.29, 1.82) is 0 Å². The minimum absolute atomic E-state index is 0.0660. The lowest BCUT2D eigenvalue weighted by atomic mass is 10.4. The molecule has 0 saturated carbocycles. The molecule has 0 fully saturated rings. The van der Waals surface area contributed by atoms with E-state index in [0.717, 1.165) is 18.0 Å². The molecule has 15 heavy (non-hydrogen) atoms. The van der Waals surface area contributed by atoms with Crippen molar-refractivity contribution in [2.45, 2.75) is 13.3 Å². The van der Waals surface area contributed by atoms with Crippen LogP contribution in [0.1, 0.15) is 12.7 Å². The Morgan fingerprint density at radius 2 is 2.40 bits per heavy atom. The molecule has 78 valence electrons. The number of aromatic nitrogens is 3. The highest BCUT2D eigenvalue weighted by Crippen LogP contribution is 2.24. The van der Waals surface area contributed by atoms with Crippen molar-refractivity contribution in [2.24, 2.45) is 0 Å². The molecule has 0 aliphatic carbocycles. The van der Waals surface area contributed by atoms with E-state index in [-0.39, 0.29) is 5.75 Å². The van der Waals surface area contributed by atoms with Gasteiger partial charge >= 0.3 is 0 Å². The zero-order chi connectivity index (χ0) is 10.7. The van der Waals surface area contributed by atoms with Gasteiger partial charge in [0.15, 0.2) is 5.75 Å². The molecule has 0 N–H and O–H groups in total. The van der Waals surface area contributed by atoms with Gasteiger partial charge in [-0.25, -0.2) is 4.98 Å². The zero-order valence-corrected chi connectivity index (χ0v) is 8.79. The van der Waals surface area contributed by atoms with E-state index < -0.39 is 5.95 Å². The molecule has 0 aliphatic heterocycles. The highest BCUT2D eigenvalue weighted by molar-refractivity contribution is 7.07. The molecule has 0 spiro atoms. The van der Waals surface area contributed by atoms with E-state index in [0.29, 0.717) is 11.0 Å². The van der Waals surface area contributed by atoms with Gasteiger partial charge in [0.05, 0.1) is 0 Å². The Kier molecular flexibility index (Phi) is 2.86. The standard InChI is InChI=1S/C9H8FN3OS/c1-2-7-12-9(15-13-7)14-6-4-3-5-11-8(6)10/h3-5H,2H2,1H3. The first kappa shape index (κ1) is 9.97. The van der Waals surface area contributed by atoms with Gasteiger partial charge in [0, 0.05) is 24.2 Å². The van der Waals surface area contributed by atoms with Crippen LogP contribution in [0.25, 0.3) is 0 Å². The van der Waals surface area contributed by atoms with Crippen molar-refractivity contribution in [3.05, 3.63) is 30.1 Å². The highest BCUT2D eigenvalue weighted by Gasteiger charge is 2.08. The van der Waals surface area contributed by atoms with Crippen molar-refractivity contribution in [1.82, 2.24) is 14.3 Å². The molecule has 0 bridgehead atoms. The third kappa shape index (κ3) is 2.27. The zero-order valence-electron chi connectivity index (χ0n) is 7.98. The van der Waals surface area contributed by atoms with E-state index in [1.54, 1.807) is 6.07 Å². The van der Waals surface area contributed by atoms with Crippen LogP contribution in [0.3, 0.4) is 0 Å². The Hall–Kier alpha value is -1.56. The molecule has 6 heteroatoms. The van der Waals surface area contributed by atoms with Crippen LogP contribution in [0.5, 0.6) is 10.9 Å². The predicted molar refractivity (Wildman–Crippen MR) is 53.6 cm³/mol. The van der Waals surface area contributed by atoms with Crippen LogP contribution in [-0.4, -0.2) is 14.3 Å². The highest BCUT2D eigenvalue weighted by atomic mass is 32.1. The van der Waals surface area contributed by atoms with E-state index in [1.807, 2.05) is 6.92 Å². The monoisotopic (exact) mass is 225 g/mol. The van der Waals surface area contributed by atoms with Crippen molar-refractivity contribution < 1.29 is 9.13 Å². The number of halogens is 1. The Bertz CT molecular complexity index is 460. The number of hydrogen-bond donors (Lipinski definition) is 0. The summed E-state index contributed by atoms with van der Waals surface area (Å²) in [6.07, 6.45) is 2.09. The van der Waals surface area contributed by atoms with Crippen LogP contribution < -0.4 is 4.74 Å². The third-order valence-electron chi connectivity index (χ3n) is 1.69. The first-order valence-electron chi connectivity index (χ1n) is 4.40. The van der Waals surface area contributed by atoms with Crippen LogP contribution in [0.15, 0.2) is 18.3 Å². The summed E-state index contributed by atoms with van der Waals surface area (Å²) in [4.78, 5) is 7.52. The number of hydrogen-bond acceptors (Lipinski definition) is 5. The minimum Gasteiger partial charge on any atom is -0.425 e. The van der Waals surface area contributed by atoms with E-state index in [2.05, 4.69) is 14.3 Å². The second-order valence-corrected chi connectivity index (χ2v) is 3.44. The predicted octanol–water partition coefficient (Wildman–Crippen LogP) is 2.43. The van der Waals surface area contributed by atoms with Gasteiger partial charge in [-0.05, 0) is 12.1 Å². The normalized spacial score (nSPS) is 10.3. The number of ether oxygens (including phenoxy) is 1. The molecule has 0 unspecified atom stereocenters. The maximum absolute atomic E-state index is 13.1. The number of aryl methyl sites for hydroxylation is 1. The van der Waals surface area contributed by atoms with Crippen LogP contribution in [0.2, 0.25) is 0 Å². The lowest BCUT2D eigenvalue weighted by molar-refractivity contribution is 0.426. The van der Waals surface area contributed by atoms with E-state index in [4.69, 9.17) is 4.74 Å². The molecule has 0 saturated heterocycles. The molecule has 0 aromatic carbocycles. The summed E-state index contributed by atoms with van der Waals surface area (Å²) in [5, 5.41) is 0.332. The molecule has 2 aromatic rings. The molecule has 0 radical (unpaired) electrons. The Morgan fingerprint density at radius 3 is 3.07 bits per heavy atom. The molecular formula is C9H8FN3OS. The molecule has 0 amide bonds. The molecule has 2 rings (SSSR count). The fourth-order valence-electron chi connectivity index (χ4n) is 0.964. The lowest BCUT2D eigenvalue weighted by Crippen LogP contribution is -1.90. The van der Waals surface area contributed by atoms with Gasteiger partial charge in [0.25, 0.3) is 11.1 Å². The van der Waals surface area contributed by atoms with Crippen LogP contribution in [-0.2, 0) is 6.42 Å². The molecular weight excluding hydrogens is 217 g/mol. The number of rotatable bonds is 3. The molecule has 0 aliphatic rings. The topological polar surface area (TPSA) is 47.9 Å².